The molecule has 2 atom stereocenters. The monoisotopic (exact) mass is 472 g/mol. The van der Waals surface area contributed by atoms with E-state index in [1.165, 1.54) is 0 Å². The fraction of sp³-hybridized carbons (Fsp3) is 0.391. The second-order valence-corrected chi connectivity index (χ2v) is 9.32. The van der Waals surface area contributed by atoms with Crippen molar-refractivity contribution in [2.24, 2.45) is 17.8 Å². The quantitative estimate of drug-likeness (QED) is 0.266. The van der Waals surface area contributed by atoms with Crippen LogP contribution in [0.25, 0.3) is 10.2 Å². The first-order valence-electron chi connectivity index (χ1n) is 10.8. The van der Waals surface area contributed by atoms with E-state index in [0.29, 0.717) is 40.6 Å². The van der Waals surface area contributed by atoms with Crippen molar-refractivity contribution >= 4 is 33.4 Å². The molecule has 4 N–H and O–H groups in total. The number of aryl methyl sites for hydroxylation is 1. The Morgan fingerprint density at radius 1 is 1.09 bits per heavy atom. The van der Waals surface area contributed by atoms with E-state index in [2.05, 4.69) is 10.4 Å². The highest BCUT2D eigenvalue weighted by atomic mass is 32.1. The van der Waals surface area contributed by atoms with Crippen LogP contribution in [0.4, 0.5) is 0 Å². The Balaban J connectivity index is 1.84. The van der Waals surface area contributed by atoms with Gasteiger partial charge in [-0.3, -0.25) is 25.0 Å². The SMILES string of the molecule is CC(C)C[C@@H](C(=O)Nn1c(=O)[nH]c2ccsc2c1=O)[C@H](CCCc1ccccc1)C(=O)NO. The Kier molecular flexibility index (Phi) is 8.18. The van der Waals surface area contributed by atoms with Crippen LogP contribution >= 0.6 is 11.3 Å². The first kappa shape index (κ1) is 24.4. The van der Waals surface area contributed by atoms with Gasteiger partial charge in [-0.15, -0.1) is 11.3 Å². The molecule has 176 valence electrons. The van der Waals surface area contributed by atoms with Crippen molar-refractivity contribution in [3.05, 3.63) is 68.2 Å². The van der Waals surface area contributed by atoms with Gasteiger partial charge in [-0.1, -0.05) is 44.2 Å². The van der Waals surface area contributed by atoms with Crippen LogP contribution in [0, 0.1) is 17.8 Å². The van der Waals surface area contributed by atoms with Gasteiger partial charge in [-0.05, 0) is 48.6 Å². The van der Waals surface area contributed by atoms with Crippen molar-refractivity contribution in [3.8, 4) is 0 Å². The van der Waals surface area contributed by atoms with E-state index in [9.17, 15) is 24.4 Å². The molecule has 0 bridgehead atoms. The summed E-state index contributed by atoms with van der Waals surface area (Å²) in [5.41, 5.74) is 4.18. The van der Waals surface area contributed by atoms with Crippen molar-refractivity contribution in [3.63, 3.8) is 0 Å². The summed E-state index contributed by atoms with van der Waals surface area (Å²) in [4.78, 5) is 53.4. The summed E-state index contributed by atoms with van der Waals surface area (Å²) >= 11 is 1.15. The molecule has 3 rings (SSSR count). The Labute approximate surface area is 194 Å². The zero-order valence-electron chi connectivity index (χ0n) is 18.5. The molecule has 2 aromatic heterocycles. The average molecular weight is 473 g/mol. The molecule has 1 aromatic carbocycles. The summed E-state index contributed by atoms with van der Waals surface area (Å²) in [5, 5.41) is 11.0. The lowest BCUT2D eigenvalue weighted by Gasteiger charge is -2.26. The largest absolute Gasteiger partial charge is 0.348 e. The van der Waals surface area contributed by atoms with E-state index in [1.54, 1.807) is 16.9 Å². The van der Waals surface area contributed by atoms with Crippen molar-refractivity contribution in [2.45, 2.75) is 39.5 Å². The maximum atomic E-state index is 13.2. The number of nitrogens with zero attached hydrogens (tertiary/aromatic N) is 1. The maximum Gasteiger partial charge on any atom is 0.348 e. The van der Waals surface area contributed by atoms with Crippen LogP contribution in [0.2, 0.25) is 0 Å². The fourth-order valence-electron chi connectivity index (χ4n) is 3.96. The van der Waals surface area contributed by atoms with Crippen LogP contribution in [0.15, 0.2) is 51.4 Å². The highest BCUT2D eigenvalue weighted by Gasteiger charge is 2.34. The van der Waals surface area contributed by atoms with Crippen LogP contribution in [0.5, 0.6) is 0 Å². The van der Waals surface area contributed by atoms with E-state index in [0.717, 1.165) is 16.9 Å². The molecule has 0 saturated heterocycles. The lowest BCUT2D eigenvalue weighted by atomic mass is 9.81. The second kappa shape index (κ2) is 11.1. The van der Waals surface area contributed by atoms with Gasteiger partial charge in [-0.2, -0.15) is 4.68 Å². The normalized spacial score (nSPS) is 13.1. The van der Waals surface area contributed by atoms with Gasteiger partial charge >= 0.3 is 5.69 Å². The predicted molar refractivity (Wildman–Crippen MR) is 127 cm³/mol. The predicted octanol–water partition coefficient (Wildman–Crippen LogP) is 2.63. The molecule has 3 aromatic rings. The number of amides is 2. The van der Waals surface area contributed by atoms with Crippen molar-refractivity contribution < 1.29 is 14.8 Å². The number of fused-ring (bicyclic) bond motifs is 1. The van der Waals surface area contributed by atoms with E-state index in [-0.39, 0.29) is 5.92 Å². The Morgan fingerprint density at radius 3 is 2.48 bits per heavy atom. The summed E-state index contributed by atoms with van der Waals surface area (Å²) in [7, 11) is 0. The van der Waals surface area contributed by atoms with Gasteiger partial charge in [0.2, 0.25) is 11.8 Å². The smallest absolute Gasteiger partial charge is 0.304 e. The molecule has 2 heterocycles. The molecule has 0 aliphatic heterocycles. The number of hydrogen-bond donors (Lipinski definition) is 4. The molecule has 2 amide bonds. The maximum absolute atomic E-state index is 13.2. The number of aromatic nitrogens is 2. The standard InChI is InChI=1S/C23H28N4O5S/c1-14(2)13-17(16(21(29)26-32)10-6-9-15-7-4-3-5-8-15)20(28)25-27-22(30)19-18(11-12-33-19)24-23(27)31/h3-5,7-8,11-12,14,16-17,32H,6,9-10,13H2,1-2H3,(H,24,31)(H,25,28)(H,26,29)/t16-,17+/m0/s1. The topological polar surface area (TPSA) is 133 Å². The van der Waals surface area contributed by atoms with E-state index >= 15 is 0 Å². The number of rotatable bonds is 10. The second-order valence-electron chi connectivity index (χ2n) is 8.41. The number of aromatic amines is 1. The van der Waals surface area contributed by atoms with Gasteiger partial charge in [0.25, 0.3) is 5.56 Å². The molecule has 0 radical (unpaired) electrons. The van der Waals surface area contributed by atoms with Crippen LogP contribution in [-0.4, -0.2) is 26.7 Å². The number of H-pyrrole nitrogens is 1. The zero-order valence-corrected chi connectivity index (χ0v) is 19.4. The van der Waals surface area contributed by atoms with Gasteiger partial charge < -0.3 is 4.98 Å². The van der Waals surface area contributed by atoms with Gasteiger partial charge in [0.15, 0.2) is 0 Å². The molecule has 0 aliphatic carbocycles. The summed E-state index contributed by atoms with van der Waals surface area (Å²) < 4.78 is 0.953. The first-order valence-corrected chi connectivity index (χ1v) is 11.7. The van der Waals surface area contributed by atoms with Gasteiger partial charge in [0, 0.05) is 0 Å². The molecule has 0 aliphatic rings. The van der Waals surface area contributed by atoms with Crippen molar-refractivity contribution in [1.82, 2.24) is 15.1 Å². The van der Waals surface area contributed by atoms with E-state index in [1.807, 2.05) is 44.2 Å². The molecule has 0 fully saturated rings. The zero-order chi connectivity index (χ0) is 24.0. The third-order valence-corrected chi connectivity index (χ3v) is 6.45. The van der Waals surface area contributed by atoms with Crippen molar-refractivity contribution in [1.29, 1.82) is 0 Å². The number of hydrogen-bond acceptors (Lipinski definition) is 6. The molecule has 33 heavy (non-hydrogen) atoms. The molecule has 0 unspecified atom stereocenters. The third-order valence-electron chi connectivity index (χ3n) is 5.55. The lowest BCUT2D eigenvalue weighted by Crippen LogP contribution is -2.48. The lowest BCUT2D eigenvalue weighted by molar-refractivity contribution is -0.139. The number of thiophene rings is 1. The average Bonchev–Trinajstić information content (AvgIpc) is 3.26. The number of benzene rings is 1. The first-order chi connectivity index (χ1) is 15.8. The molecule has 10 heteroatoms. The Morgan fingerprint density at radius 2 is 1.82 bits per heavy atom. The van der Waals surface area contributed by atoms with E-state index < -0.39 is 34.9 Å². The van der Waals surface area contributed by atoms with Crippen LogP contribution in [0.3, 0.4) is 0 Å². The number of nitrogens with one attached hydrogen (secondary N) is 3. The highest BCUT2D eigenvalue weighted by molar-refractivity contribution is 7.17. The van der Waals surface area contributed by atoms with Gasteiger partial charge in [-0.25, -0.2) is 10.3 Å². The number of carbonyl (C=O) groups is 2. The Hall–Kier alpha value is -3.24. The van der Waals surface area contributed by atoms with Crippen molar-refractivity contribution in [2.75, 3.05) is 5.43 Å². The minimum Gasteiger partial charge on any atom is -0.304 e. The number of hydroxylamine groups is 1. The fourth-order valence-corrected chi connectivity index (χ4v) is 4.74. The van der Waals surface area contributed by atoms with Crippen LogP contribution in [-0.2, 0) is 16.0 Å². The summed E-state index contributed by atoms with van der Waals surface area (Å²) in [6, 6.07) is 11.4. The number of carbonyl (C=O) groups excluding carboxylic acids is 2. The summed E-state index contributed by atoms with van der Waals surface area (Å²) in [6.07, 6.45) is 2.01. The van der Waals surface area contributed by atoms with Gasteiger partial charge in [0.1, 0.15) is 4.70 Å². The third kappa shape index (κ3) is 5.96. The molecule has 0 spiro atoms. The summed E-state index contributed by atoms with van der Waals surface area (Å²) in [6.45, 7) is 3.82. The summed E-state index contributed by atoms with van der Waals surface area (Å²) in [5.74, 6) is -2.92. The molecule has 9 nitrogen and oxygen atoms in total. The minimum atomic E-state index is -0.849. The molecular formula is C23H28N4O5S. The van der Waals surface area contributed by atoms with Crippen LogP contribution < -0.4 is 22.2 Å². The highest BCUT2D eigenvalue weighted by Crippen LogP contribution is 2.26. The Bertz CT molecular complexity index is 1210. The molecule has 0 saturated carbocycles. The minimum absolute atomic E-state index is 0.0543. The van der Waals surface area contributed by atoms with Gasteiger partial charge in [0.05, 0.1) is 17.4 Å². The van der Waals surface area contributed by atoms with Crippen LogP contribution in [0.1, 0.15) is 38.7 Å². The molecular weight excluding hydrogens is 444 g/mol. The van der Waals surface area contributed by atoms with E-state index in [4.69, 9.17) is 0 Å².